The minimum atomic E-state index is -0.647. The fourth-order valence-electron chi connectivity index (χ4n) is 0.867. The molecule has 1 aromatic rings. The van der Waals surface area contributed by atoms with Crippen LogP contribution < -0.4 is 0 Å². The van der Waals surface area contributed by atoms with Crippen molar-refractivity contribution in [2.24, 2.45) is 7.05 Å². The molecule has 10 heavy (non-hydrogen) atoms. The van der Waals surface area contributed by atoms with Gasteiger partial charge in [0.25, 0.3) is 0 Å². The molecule has 0 atom stereocenters. The minimum Gasteiger partial charge on any atom is -0.250 e. The van der Waals surface area contributed by atoms with Gasteiger partial charge < -0.3 is 0 Å². The van der Waals surface area contributed by atoms with Gasteiger partial charge in [-0.2, -0.15) is 9.37 Å². The summed E-state index contributed by atoms with van der Waals surface area (Å²) in [7, 11) is 1.69. The second kappa shape index (κ2) is 2.36. The van der Waals surface area contributed by atoms with Crippen molar-refractivity contribution in [1.29, 1.82) is 0 Å². The highest BCUT2D eigenvalue weighted by molar-refractivity contribution is 4.90. The molecule has 0 radical (unpaired) electrons. The normalized spacial score (nSPS) is 10.9. The fraction of sp³-hybridized carbons (Fsp3) is 0.667. The largest absolute Gasteiger partial charge is 0.327 e. The maximum absolute atomic E-state index is 12.3. The standard InChI is InChI=1S/C6H10FN3/c1-4(2)5-8-6(7)9-10(5)3/h4H,1-3H3. The zero-order chi connectivity index (χ0) is 7.72. The van der Waals surface area contributed by atoms with Crippen LogP contribution in [0.1, 0.15) is 25.6 Å². The first-order chi connectivity index (χ1) is 4.61. The van der Waals surface area contributed by atoms with Crippen LogP contribution in [-0.4, -0.2) is 14.8 Å². The molecule has 0 bridgehead atoms. The van der Waals surface area contributed by atoms with E-state index < -0.39 is 6.08 Å². The van der Waals surface area contributed by atoms with Crippen molar-refractivity contribution in [3.05, 3.63) is 11.9 Å². The highest BCUT2D eigenvalue weighted by atomic mass is 19.1. The van der Waals surface area contributed by atoms with E-state index in [0.29, 0.717) is 5.82 Å². The molecule has 1 aromatic heterocycles. The van der Waals surface area contributed by atoms with Gasteiger partial charge in [-0.05, 0) is 0 Å². The van der Waals surface area contributed by atoms with Crippen LogP contribution >= 0.6 is 0 Å². The lowest BCUT2D eigenvalue weighted by atomic mass is 10.2. The molecule has 0 spiro atoms. The molecule has 0 N–H and O–H groups in total. The Hall–Kier alpha value is -0.930. The summed E-state index contributed by atoms with van der Waals surface area (Å²) in [4.78, 5) is 3.59. The molecule has 0 aliphatic carbocycles. The molecule has 0 amide bonds. The zero-order valence-electron chi connectivity index (χ0n) is 6.30. The van der Waals surface area contributed by atoms with Crippen molar-refractivity contribution in [1.82, 2.24) is 14.8 Å². The van der Waals surface area contributed by atoms with Gasteiger partial charge in [-0.1, -0.05) is 13.8 Å². The third-order valence-corrected chi connectivity index (χ3v) is 1.29. The Morgan fingerprint density at radius 2 is 2.10 bits per heavy atom. The number of aromatic nitrogens is 3. The molecule has 0 fully saturated rings. The predicted octanol–water partition coefficient (Wildman–Crippen LogP) is 1.08. The van der Waals surface area contributed by atoms with Gasteiger partial charge in [-0.15, -0.1) is 5.10 Å². The first-order valence-electron chi connectivity index (χ1n) is 3.17. The molecule has 56 valence electrons. The van der Waals surface area contributed by atoms with E-state index >= 15 is 0 Å². The predicted molar refractivity (Wildman–Crippen MR) is 35.0 cm³/mol. The van der Waals surface area contributed by atoms with Crippen LogP contribution in [0.3, 0.4) is 0 Å². The van der Waals surface area contributed by atoms with E-state index in [1.165, 1.54) is 4.68 Å². The highest BCUT2D eigenvalue weighted by Gasteiger charge is 2.08. The van der Waals surface area contributed by atoms with E-state index in [1.54, 1.807) is 7.05 Å². The Morgan fingerprint density at radius 1 is 1.50 bits per heavy atom. The maximum Gasteiger partial charge on any atom is 0.327 e. The third kappa shape index (κ3) is 1.15. The maximum atomic E-state index is 12.3. The Labute approximate surface area is 58.9 Å². The minimum absolute atomic E-state index is 0.224. The highest BCUT2D eigenvalue weighted by Crippen LogP contribution is 2.09. The monoisotopic (exact) mass is 143 g/mol. The molecular formula is C6H10FN3. The number of halogens is 1. The lowest BCUT2D eigenvalue weighted by molar-refractivity contribution is 0.528. The third-order valence-electron chi connectivity index (χ3n) is 1.29. The molecule has 0 aliphatic heterocycles. The van der Waals surface area contributed by atoms with Gasteiger partial charge in [-0.3, -0.25) is 4.68 Å². The molecule has 0 saturated carbocycles. The van der Waals surface area contributed by atoms with E-state index in [2.05, 4.69) is 10.1 Å². The van der Waals surface area contributed by atoms with Crippen molar-refractivity contribution < 1.29 is 4.39 Å². The van der Waals surface area contributed by atoms with E-state index in [9.17, 15) is 4.39 Å². The zero-order valence-corrected chi connectivity index (χ0v) is 6.30. The van der Waals surface area contributed by atoms with Gasteiger partial charge >= 0.3 is 6.08 Å². The van der Waals surface area contributed by atoms with Crippen LogP contribution in [0.15, 0.2) is 0 Å². The van der Waals surface area contributed by atoms with Crippen LogP contribution in [0.4, 0.5) is 4.39 Å². The van der Waals surface area contributed by atoms with Crippen molar-refractivity contribution >= 4 is 0 Å². The molecule has 0 saturated heterocycles. The van der Waals surface area contributed by atoms with Crippen LogP contribution in [-0.2, 0) is 7.05 Å². The summed E-state index contributed by atoms with van der Waals surface area (Å²) in [5.74, 6) is 0.902. The Bertz CT molecular complexity index is 229. The van der Waals surface area contributed by atoms with Gasteiger partial charge in [-0.25, -0.2) is 0 Å². The van der Waals surface area contributed by atoms with Gasteiger partial charge in [0, 0.05) is 13.0 Å². The summed E-state index contributed by atoms with van der Waals surface area (Å²) in [5, 5.41) is 3.47. The summed E-state index contributed by atoms with van der Waals surface area (Å²) in [5.41, 5.74) is 0. The number of hydrogen-bond acceptors (Lipinski definition) is 2. The summed E-state index contributed by atoms with van der Waals surface area (Å²) in [6, 6.07) is 0. The average Bonchev–Trinajstić information content (AvgIpc) is 2.10. The Morgan fingerprint density at radius 3 is 2.30 bits per heavy atom. The number of nitrogens with zero attached hydrogens (tertiary/aromatic N) is 3. The summed E-state index contributed by atoms with van der Waals surface area (Å²) in [6.07, 6.45) is -0.647. The summed E-state index contributed by atoms with van der Waals surface area (Å²) in [6.45, 7) is 3.90. The van der Waals surface area contributed by atoms with Gasteiger partial charge in [0.15, 0.2) is 0 Å². The van der Waals surface area contributed by atoms with E-state index in [4.69, 9.17) is 0 Å². The quantitative estimate of drug-likeness (QED) is 0.589. The molecule has 0 aliphatic rings. The van der Waals surface area contributed by atoms with Crippen LogP contribution in [0.5, 0.6) is 0 Å². The van der Waals surface area contributed by atoms with Crippen molar-refractivity contribution in [2.75, 3.05) is 0 Å². The summed E-state index contributed by atoms with van der Waals surface area (Å²) < 4.78 is 13.8. The molecule has 1 heterocycles. The van der Waals surface area contributed by atoms with E-state index in [1.807, 2.05) is 13.8 Å². The first-order valence-corrected chi connectivity index (χ1v) is 3.17. The van der Waals surface area contributed by atoms with Gasteiger partial charge in [0.05, 0.1) is 0 Å². The Kier molecular flexibility index (Phi) is 1.70. The first kappa shape index (κ1) is 7.18. The smallest absolute Gasteiger partial charge is 0.250 e. The molecule has 0 aromatic carbocycles. The number of aryl methyl sites for hydroxylation is 1. The van der Waals surface area contributed by atoms with Crippen molar-refractivity contribution in [2.45, 2.75) is 19.8 Å². The van der Waals surface area contributed by atoms with E-state index in [0.717, 1.165) is 0 Å². The van der Waals surface area contributed by atoms with Crippen LogP contribution in [0, 0.1) is 6.08 Å². The molecule has 4 heteroatoms. The lowest BCUT2D eigenvalue weighted by Gasteiger charge is -2.00. The Balaban J connectivity index is 3.03. The van der Waals surface area contributed by atoms with Gasteiger partial charge in [0.1, 0.15) is 5.82 Å². The molecule has 3 nitrogen and oxygen atoms in total. The molecular weight excluding hydrogens is 133 g/mol. The van der Waals surface area contributed by atoms with Crippen molar-refractivity contribution in [3.8, 4) is 0 Å². The second-order valence-electron chi connectivity index (χ2n) is 2.52. The average molecular weight is 143 g/mol. The topological polar surface area (TPSA) is 30.7 Å². The van der Waals surface area contributed by atoms with E-state index in [-0.39, 0.29) is 5.92 Å². The second-order valence-corrected chi connectivity index (χ2v) is 2.52. The van der Waals surface area contributed by atoms with Gasteiger partial charge in [0.2, 0.25) is 0 Å². The molecule has 1 rings (SSSR count). The SMILES string of the molecule is CC(C)c1nc(F)nn1C. The number of hydrogen-bond donors (Lipinski definition) is 0. The van der Waals surface area contributed by atoms with Crippen LogP contribution in [0.25, 0.3) is 0 Å². The van der Waals surface area contributed by atoms with Crippen molar-refractivity contribution in [3.63, 3.8) is 0 Å². The summed E-state index contributed by atoms with van der Waals surface area (Å²) >= 11 is 0. The molecule has 0 unspecified atom stereocenters. The van der Waals surface area contributed by atoms with Crippen LogP contribution in [0.2, 0.25) is 0 Å². The lowest BCUT2D eigenvalue weighted by Crippen LogP contribution is -2.00. The fourth-order valence-corrected chi connectivity index (χ4v) is 0.867. The number of rotatable bonds is 1.